The molecule has 5 nitrogen and oxygen atoms in total. The summed E-state index contributed by atoms with van der Waals surface area (Å²) in [4.78, 5) is 25.7. The number of aliphatic carboxylic acids is 1. The second-order valence-corrected chi connectivity index (χ2v) is 6.44. The molecule has 1 amide bonds. The van der Waals surface area contributed by atoms with Gasteiger partial charge in [0, 0.05) is 13.1 Å². The van der Waals surface area contributed by atoms with Crippen LogP contribution in [-0.4, -0.2) is 41.1 Å². The average Bonchev–Trinajstić information content (AvgIpc) is 3.24. The SMILES string of the molecule is O=C(O)[C@@H]1CCN(C(=O)[C@H](OC2CCCC2)c2ccccc2)C1. The van der Waals surface area contributed by atoms with Gasteiger partial charge in [-0.3, -0.25) is 9.59 Å². The van der Waals surface area contributed by atoms with Crippen molar-refractivity contribution < 1.29 is 19.4 Å². The molecule has 1 saturated heterocycles. The van der Waals surface area contributed by atoms with Crippen LogP contribution in [0.3, 0.4) is 0 Å². The summed E-state index contributed by atoms with van der Waals surface area (Å²) in [6.07, 6.45) is 4.30. The first-order valence-corrected chi connectivity index (χ1v) is 8.37. The van der Waals surface area contributed by atoms with Crippen molar-refractivity contribution >= 4 is 11.9 Å². The Morgan fingerprint density at radius 1 is 1.13 bits per heavy atom. The molecule has 1 heterocycles. The van der Waals surface area contributed by atoms with Gasteiger partial charge in [-0.1, -0.05) is 43.2 Å². The quantitative estimate of drug-likeness (QED) is 0.906. The molecule has 1 aromatic rings. The van der Waals surface area contributed by atoms with Gasteiger partial charge in [0.25, 0.3) is 5.91 Å². The van der Waals surface area contributed by atoms with Crippen molar-refractivity contribution in [3.8, 4) is 0 Å². The van der Waals surface area contributed by atoms with Gasteiger partial charge in [-0.2, -0.15) is 0 Å². The summed E-state index contributed by atoms with van der Waals surface area (Å²) in [6.45, 7) is 0.776. The standard InChI is InChI=1S/C18H23NO4/c20-17(19-11-10-14(12-19)18(21)22)16(13-6-2-1-3-7-13)23-15-8-4-5-9-15/h1-3,6-7,14-16H,4-5,8-12H2,(H,21,22)/t14-,16-/m1/s1. The molecule has 0 unspecified atom stereocenters. The molecule has 2 fully saturated rings. The minimum absolute atomic E-state index is 0.105. The lowest BCUT2D eigenvalue weighted by molar-refractivity contribution is -0.148. The van der Waals surface area contributed by atoms with Crippen LogP contribution in [0.1, 0.15) is 43.8 Å². The van der Waals surface area contributed by atoms with Crippen LogP contribution in [0.25, 0.3) is 0 Å². The number of nitrogens with zero attached hydrogens (tertiary/aromatic N) is 1. The largest absolute Gasteiger partial charge is 0.481 e. The Balaban J connectivity index is 1.74. The van der Waals surface area contributed by atoms with Gasteiger partial charge in [0.05, 0.1) is 12.0 Å². The van der Waals surface area contributed by atoms with E-state index in [9.17, 15) is 9.59 Å². The van der Waals surface area contributed by atoms with Crippen LogP contribution in [0, 0.1) is 5.92 Å². The average molecular weight is 317 g/mol. The number of carboxylic acids is 1. The third-order valence-corrected chi connectivity index (χ3v) is 4.81. The van der Waals surface area contributed by atoms with Crippen molar-refractivity contribution in [3.05, 3.63) is 35.9 Å². The zero-order chi connectivity index (χ0) is 16.2. The first-order valence-electron chi connectivity index (χ1n) is 8.37. The van der Waals surface area contributed by atoms with Crippen molar-refractivity contribution in [3.63, 3.8) is 0 Å². The predicted octanol–water partition coefficient (Wildman–Crippen LogP) is 2.62. The van der Waals surface area contributed by atoms with Crippen molar-refractivity contribution in [2.24, 2.45) is 5.92 Å². The predicted molar refractivity (Wildman–Crippen MR) is 84.8 cm³/mol. The van der Waals surface area contributed by atoms with Crippen molar-refractivity contribution in [2.75, 3.05) is 13.1 Å². The van der Waals surface area contributed by atoms with Crippen LogP contribution in [0.4, 0.5) is 0 Å². The number of rotatable bonds is 5. The summed E-state index contributed by atoms with van der Waals surface area (Å²) in [6, 6.07) is 9.52. The first-order chi connectivity index (χ1) is 11.1. The highest BCUT2D eigenvalue weighted by molar-refractivity contribution is 5.83. The number of carbonyl (C=O) groups is 2. The van der Waals surface area contributed by atoms with Gasteiger partial charge in [0.15, 0.2) is 6.10 Å². The van der Waals surface area contributed by atoms with E-state index in [0.717, 1.165) is 31.2 Å². The Hall–Kier alpha value is -1.88. The van der Waals surface area contributed by atoms with Crippen LogP contribution >= 0.6 is 0 Å². The molecule has 23 heavy (non-hydrogen) atoms. The van der Waals surface area contributed by atoms with Gasteiger partial charge >= 0.3 is 5.97 Å². The molecule has 2 atom stereocenters. The fourth-order valence-corrected chi connectivity index (χ4v) is 3.45. The van der Waals surface area contributed by atoms with E-state index in [1.807, 2.05) is 30.3 Å². The summed E-state index contributed by atoms with van der Waals surface area (Å²) in [5, 5.41) is 9.13. The topological polar surface area (TPSA) is 66.8 Å². The maximum atomic E-state index is 12.9. The second kappa shape index (κ2) is 7.13. The van der Waals surface area contributed by atoms with Gasteiger partial charge in [-0.05, 0) is 24.8 Å². The summed E-state index contributed by atoms with van der Waals surface area (Å²) in [5.41, 5.74) is 0.850. The van der Waals surface area contributed by atoms with E-state index in [4.69, 9.17) is 9.84 Å². The number of hydrogen-bond donors (Lipinski definition) is 1. The van der Waals surface area contributed by atoms with Gasteiger partial charge < -0.3 is 14.7 Å². The molecule has 1 aliphatic carbocycles. The van der Waals surface area contributed by atoms with Gasteiger partial charge in [0.1, 0.15) is 0 Å². The van der Waals surface area contributed by atoms with Crippen LogP contribution in [0.2, 0.25) is 0 Å². The fourth-order valence-electron chi connectivity index (χ4n) is 3.45. The minimum atomic E-state index is -0.826. The lowest BCUT2D eigenvalue weighted by Gasteiger charge is -2.26. The maximum absolute atomic E-state index is 12.9. The zero-order valence-electron chi connectivity index (χ0n) is 13.2. The van der Waals surface area contributed by atoms with E-state index in [0.29, 0.717) is 13.0 Å². The summed E-state index contributed by atoms with van der Waals surface area (Å²) in [5.74, 6) is -1.39. The Kier molecular flexibility index (Phi) is 4.96. The third kappa shape index (κ3) is 3.72. The second-order valence-electron chi connectivity index (χ2n) is 6.44. The highest BCUT2D eigenvalue weighted by atomic mass is 16.5. The number of ether oxygens (including phenoxy) is 1. The van der Waals surface area contributed by atoms with Crippen molar-refractivity contribution in [1.82, 2.24) is 4.90 Å². The highest BCUT2D eigenvalue weighted by Crippen LogP contribution is 2.30. The molecular formula is C18H23NO4. The highest BCUT2D eigenvalue weighted by Gasteiger charge is 2.36. The Morgan fingerprint density at radius 3 is 2.43 bits per heavy atom. The zero-order valence-corrected chi connectivity index (χ0v) is 13.2. The lowest BCUT2D eigenvalue weighted by atomic mass is 10.1. The fraction of sp³-hybridized carbons (Fsp3) is 0.556. The minimum Gasteiger partial charge on any atom is -0.481 e. The van der Waals surface area contributed by atoms with Gasteiger partial charge in [0.2, 0.25) is 0 Å². The summed E-state index contributed by atoms with van der Waals surface area (Å²) in [7, 11) is 0. The monoisotopic (exact) mass is 317 g/mol. The van der Waals surface area contributed by atoms with Crippen LogP contribution in [0.5, 0.6) is 0 Å². The van der Waals surface area contributed by atoms with E-state index in [-0.39, 0.29) is 18.6 Å². The number of benzene rings is 1. The van der Waals surface area contributed by atoms with Crippen LogP contribution in [0.15, 0.2) is 30.3 Å². The lowest BCUT2D eigenvalue weighted by Crippen LogP contribution is -2.36. The van der Waals surface area contributed by atoms with E-state index in [1.54, 1.807) is 4.90 Å². The van der Waals surface area contributed by atoms with E-state index >= 15 is 0 Å². The third-order valence-electron chi connectivity index (χ3n) is 4.81. The molecule has 3 rings (SSSR count). The molecule has 124 valence electrons. The Bertz CT molecular complexity index is 553. The van der Waals surface area contributed by atoms with Gasteiger partial charge in [-0.25, -0.2) is 0 Å². The number of likely N-dealkylation sites (tertiary alicyclic amines) is 1. The Morgan fingerprint density at radius 2 is 1.83 bits per heavy atom. The number of amides is 1. The molecule has 0 radical (unpaired) electrons. The smallest absolute Gasteiger partial charge is 0.308 e. The Labute approximate surface area is 136 Å². The normalized spacial score (nSPS) is 23.1. The summed E-state index contributed by atoms with van der Waals surface area (Å²) < 4.78 is 6.13. The van der Waals surface area contributed by atoms with Crippen molar-refractivity contribution in [1.29, 1.82) is 0 Å². The van der Waals surface area contributed by atoms with E-state index in [2.05, 4.69) is 0 Å². The van der Waals surface area contributed by atoms with Crippen molar-refractivity contribution in [2.45, 2.75) is 44.3 Å². The maximum Gasteiger partial charge on any atom is 0.308 e. The van der Waals surface area contributed by atoms with E-state index in [1.165, 1.54) is 0 Å². The molecule has 0 aromatic heterocycles. The molecule has 1 aliphatic heterocycles. The first kappa shape index (κ1) is 16.0. The van der Waals surface area contributed by atoms with Crippen LogP contribution < -0.4 is 0 Å². The summed E-state index contributed by atoms with van der Waals surface area (Å²) >= 11 is 0. The molecule has 2 aliphatic rings. The molecule has 1 aromatic carbocycles. The number of hydrogen-bond acceptors (Lipinski definition) is 3. The molecule has 0 spiro atoms. The van der Waals surface area contributed by atoms with Crippen LogP contribution in [-0.2, 0) is 14.3 Å². The van der Waals surface area contributed by atoms with E-state index < -0.39 is 18.0 Å². The number of carbonyl (C=O) groups excluding carboxylic acids is 1. The molecular weight excluding hydrogens is 294 g/mol. The molecule has 1 saturated carbocycles. The van der Waals surface area contributed by atoms with Gasteiger partial charge in [-0.15, -0.1) is 0 Å². The molecule has 5 heteroatoms. The number of carboxylic acid groups (broad SMARTS) is 1. The molecule has 1 N–H and O–H groups in total. The molecule has 0 bridgehead atoms.